The number of hydrogen-bond donors (Lipinski definition) is 1. The van der Waals surface area contributed by atoms with Crippen molar-refractivity contribution in [1.82, 2.24) is 0 Å². The molecule has 3 aromatic carbocycles. The number of nitrogens with two attached hydrogens (primary N) is 1. The van der Waals surface area contributed by atoms with Gasteiger partial charge in [-0.25, -0.2) is 4.79 Å². The lowest BCUT2D eigenvalue weighted by Gasteiger charge is -2.27. The van der Waals surface area contributed by atoms with E-state index in [1.807, 2.05) is 31.2 Å². The van der Waals surface area contributed by atoms with Gasteiger partial charge >= 0.3 is 5.97 Å². The summed E-state index contributed by atoms with van der Waals surface area (Å²) >= 11 is 0. The average molecular weight is 485 g/mol. The first-order chi connectivity index (χ1) is 17.5. The van der Waals surface area contributed by atoms with Gasteiger partial charge in [-0.15, -0.1) is 0 Å². The highest BCUT2D eigenvalue weighted by atomic mass is 16.5. The van der Waals surface area contributed by atoms with Crippen molar-refractivity contribution >= 4 is 5.97 Å². The van der Waals surface area contributed by atoms with Crippen molar-refractivity contribution in [2.24, 2.45) is 5.73 Å². The Bertz CT molecular complexity index is 1310. The molecule has 0 spiro atoms. The van der Waals surface area contributed by atoms with Gasteiger partial charge in [0.2, 0.25) is 5.88 Å². The van der Waals surface area contributed by atoms with Crippen LogP contribution in [0.1, 0.15) is 54.1 Å². The van der Waals surface area contributed by atoms with Crippen LogP contribution in [0.4, 0.5) is 0 Å². The third kappa shape index (κ3) is 5.44. The van der Waals surface area contributed by atoms with Crippen LogP contribution in [0.15, 0.2) is 78.2 Å². The smallest absolute Gasteiger partial charge is 0.343 e. The van der Waals surface area contributed by atoms with E-state index in [0.717, 1.165) is 29.7 Å². The molecule has 0 radical (unpaired) electrons. The first-order valence-electron chi connectivity index (χ1n) is 11.9. The molecule has 0 aromatic heterocycles. The van der Waals surface area contributed by atoms with Crippen LogP contribution in [-0.4, -0.2) is 19.2 Å². The van der Waals surface area contributed by atoms with Gasteiger partial charge < -0.3 is 24.7 Å². The molecule has 36 heavy (non-hydrogen) atoms. The number of nitrogens with zero attached hydrogens (tertiary/aromatic N) is 1. The first kappa shape index (κ1) is 24.7. The van der Waals surface area contributed by atoms with Crippen molar-refractivity contribution < 1.29 is 23.7 Å². The van der Waals surface area contributed by atoms with E-state index in [9.17, 15) is 10.1 Å². The highest BCUT2D eigenvalue weighted by molar-refractivity contribution is 5.91. The molecule has 1 aliphatic heterocycles. The number of ether oxygens (including phenoxy) is 4. The molecule has 7 nitrogen and oxygen atoms in total. The molecule has 1 aliphatic rings. The van der Waals surface area contributed by atoms with Crippen LogP contribution < -0.4 is 24.7 Å². The minimum atomic E-state index is -0.511. The van der Waals surface area contributed by atoms with Crippen molar-refractivity contribution in [2.75, 3.05) is 13.2 Å². The molecule has 1 heterocycles. The van der Waals surface area contributed by atoms with Crippen molar-refractivity contribution in [3.05, 3.63) is 94.9 Å². The van der Waals surface area contributed by atoms with Gasteiger partial charge in [-0.1, -0.05) is 31.5 Å². The molecular formula is C29H28N2O5. The maximum absolute atomic E-state index is 12.7. The van der Waals surface area contributed by atoms with Crippen LogP contribution in [0.3, 0.4) is 0 Å². The van der Waals surface area contributed by atoms with Gasteiger partial charge in [-0.05, 0) is 61.4 Å². The van der Waals surface area contributed by atoms with E-state index in [1.54, 1.807) is 42.5 Å². The van der Waals surface area contributed by atoms with Crippen molar-refractivity contribution in [1.29, 1.82) is 5.26 Å². The van der Waals surface area contributed by atoms with Crippen molar-refractivity contribution in [3.8, 4) is 29.1 Å². The quantitative estimate of drug-likeness (QED) is 0.236. The molecule has 0 amide bonds. The van der Waals surface area contributed by atoms with Crippen LogP contribution >= 0.6 is 0 Å². The molecule has 184 valence electrons. The molecule has 3 aromatic rings. The van der Waals surface area contributed by atoms with E-state index in [1.165, 1.54) is 0 Å². The Morgan fingerprint density at radius 2 is 1.78 bits per heavy atom. The zero-order valence-corrected chi connectivity index (χ0v) is 20.3. The number of benzene rings is 3. The van der Waals surface area contributed by atoms with E-state index in [-0.39, 0.29) is 5.88 Å². The Balaban J connectivity index is 1.60. The van der Waals surface area contributed by atoms with E-state index in [4.69, 9.17) is 24.7 Å². The molecule has 0 saturated carbocycles. The summed E-state index contributed by atoms with van der Waals surface area (Å²) in [5, 5.41) is 9.84. The Morgan fingerprint density at radius 3 is 2.50 bits per heavy atom. The highest BCUT2D eigenvalue weighted by Crippen LogP contribution is 2.44. The van der Waals surface area contributed by atoms with Crippen LogP contribution in [0.2, 0.25) is 0 Å². The normalized spacial score (nSPS) is 14.3. The summed E-state index contributed by atoms with van der Waals surface area (Å²) < 4.78 is 22.6. The summed E-state index contributed by atoms with van der Waals surface area (Å²) in [6.45, 7) is 5.16. The monoisotopic (exact) mass is 484 g/mol. The number of rotatable bonds is 9. The van der Waals surface area contributed by atoms with E-state index >= 15 is 0 Å². The summed E-state index contributed by atoms with van der Waals surface area (Å²) in [7, 11) is 0. The lowest BCUT2D eigenvalue weighted by molar-refractivity contribution is 0.0734. The lowest BCUT2D eigenvalue weighted by Crippen LogP contribution is -2.21. The third-order valence-corrected chi connectivity index (χ3v) is 5.76. The second-order valence-corrected chi connectivity index (χ2v) is 8.25. The van der Waals surface area contributed by atoms with Crippen LogP contribution in [0, 0.1) is 11.3 Å². The number of hydrogen-bond acceptors (Lipinski definition) is 7. The number of carbonyl (C=O) groups is 1. The van der Waals surface area contributed by atoms with Crippen LogP contribution in [0.25, 0.3) is 0 Å². The second kappa shape index (κ2) is 11.3. The van der Waals surface area contributed by atoms with E-state index < -0.39 is 11.9 Å². The summed E-state index contributed by atoms with van der Waals surface area (Å²) in [5.74, 6) is 1.20. The Hall–Kier alpha value is -4.44. The number of carbonyl (C=O) groups excluding carboxylic acids is 1. The maximum atomic E-state index is 12.7. The molecule has 0 fully saturated rings. The van der Waals surface area contributed by atoms with Crippen molar-refractivity contribution in [2.45, 2.75) is 32.6 Å². The molecule has 1 unspecified atom stereocenters. The fourth-order valence-corrected chi connectivity index (χ4v) is 3.98. The average Bonchev–Trinajstić information content (AvgIpc) is 2.88. The highest BCUT2D eigenvalue weighted by Gasteiger charge is 2.31. The molecule has 1 atom stereocenters. The number of esters is 1. The van der Waals surface area contributed by atoms with E-state index in [0.29, 0.717) is 41.6 Å². The number of allylic oxidation sites excluding steroid dienone is 1. The number of nitriles is 1. The Morgan fingerprint density at radius 1 is 1.00 bits per heavy atom. The maximum Gasteiger partial charge on any atom is 0.343 e. The lowest BCUT2D eigenvalue weighted by atomic mass is 9.83. The predicted molar refractivity (Wildman–Crippen MR) is 135 cm³/mol. The molecule has 0 saturated heterocycles. The van der Waals surface area contributed by atoms with Crippen molar-refractivity contribution in [3.63, 3.8) is 0 Å². The van der Waals surface area contributed by atoms with E-state index in [2.05, 4.69) is 13.0 Å². The van der Waals surface area contributed by atoms with Gasteiger partial charge in [0.25, 0.3) is 0 Å². The predicted octanol–water partition coefficient (Wildman–Crippen LogP) is 5.70. The fourth-order valence-electron chi connectivity index (χ4n) is 3.98. The number of fused-ring (bicyclic) bond motifs is 1. The molecule has 0 bridgehead atoms. The van der Waals surface area contributed by atoms with Crippen LogP contribution in [0.5, 0.6) is 23.0 Å². The van der Waals surface area contributed by atoms with Gasteiger partial charge in [0.15, 0.2) is 0 Å². The zero-order chi connectivity index (χ0) is 25.5. The standard InChI is InChI=1S/C29H28N2O5/c1-3-5-15-34-22-8-6-7-20(16-22)27-24-14-13-23(17-26(24)36-28(31)25(27)18-30)35-29(32)19-9-11-21(12-10-19)33-4-2/h6-14,16-17,27H,3-5,15,31H2,1-2H3. The fraction of sp³-hybridized carbons (Fsp3) is 0.241. The minimum Gasteiger partial charge on any atom is -0.494 e. The molecular weight excluding hydrogens is 456 g/mol. The summed E-state index contributed by atoms with van der Waals surface area (Å²) in [4.78, 5) is 12.7. The number of unbranched alkanes of at least 4 members (excludes halogenated alkanes) is 1. The molecule has 4 rings (SSSR count). The third-order valence-electron chi connectivity index (χ3n) is 5.76. The summed E-state index contributed by atoms with van der Waals surface area (Å²) in [5.41, 5.74) is 8.43. The molecule has 7 heteroatoms. The summed E-state index contributed by atoms with van der Waals surface area (Å²) in [6, 6.07) is 21.6. The largest absolute Gasteiger partial charge is 0.494 e. The first-order valence-corrected chi connectivity index (χ1v) is 11.9. The van der Waals surface area contributed by atoms with Gasteiger partial charge in [-0.3, -0.25) is 0 Å². The molecule has 2 N–H and O–H groups in total. The topological polar surface area (TPSA) is 104 Å². The minimum absolute atomic E-state index is 0.0160. The zero-order valence-electron chi connectivity index (χ0n) is 20.3. The van der Waals surface area contributed by atoms with Gasteiger partial charge in [0.05, 0.1) is 24.7 Å². The van der Waals surface area contributed by atoms with Gasteiger partial charge in [0, 0.05) is 11.6 Å². The van der Waals surface area contributed by atoms with Gasteiger partial charge in [-0.2, -0.15) is 5.26 Å². The summed E-state index contributed by atoms with van der Waals surface area (Å²) in [6.07, 6.45) is 2.00. The van der Waals surface area contributed by atoms with Gasteiger partial charge in [0.1, 0.15) is 34.6 Å². The Labute approximate surface area is 210 Å². The Kier molecular flexibility index (Phi) is 7.76. The second-order valence-electron chi connectivity index (χ2n) is 8.25. The van der Waals surface area contributed by atoms with Crippen LogP contribution in [-0.2, 0) is 0 Å². The molecule has 0 aliphatic carbocycles. The SMILES string of the molecule is CCCCOc1cccc(C2C(C#N)=C(N)Oc3cc(OC(=O)c4ccc(OCC)cc4)ccc32)c1.